The Labute approximate surface area is 107 Å². The molecule has 3 heteroatoms. The van der Waals surface area contributed by atoms with Crippen LogP contribution in [0.1, 0.15) is 23.7 Å². The van der Waals surface area contributed by atoms with Crippen LogP contribution >= 0.6 is 0 Å². The van der Waals surface area contributed by atoms with Crippen molar-refractivity contribution in [1.82, 2.24) is 10.3 Å². The van der Waals surface area contributed by atoms with Crippen LogP contribution in [0, 0.1) is 0 Å². The van der Waals surface area contributed by atoms with E-state index in [0.717, 1.165) is 17.5 Å². The molecule has 0 spiro atoms. The van der Waals surface area contributed by atoms with E-state index in [-0.39, 0.29) is 5.91 Å². The normalized spacial score (nSPS) is 10.1. The number of nitrogens with one attached hydrogen (secondary N) is 1. The first-order valence-electron chi connectivity index (χ1n) is 6.10. The Kier molecular flexibility index (Phi) is 4.07. The predicted octanol–water partition coefficient (Wildman–Crippen LogP) is 2.89. The van der Waals surface area contributed by atoms with Crippen molar-refractivity contribution in [3.63, 3.8) is 0 Å². The molecule has 0 radical (unpaired) electrons. The fraction of sp³-hybridized carbons (Fsp3) is 0.200. The topological polar surface area (TPSA) is 42.0 Å². The van der Waals surface area contributed by atoms with Gasteiger partial charge in [0.2, 0.25) is 0 Å². The van der Waals surface area contributed by atoms with E-state index >= 15 is 0 Å². The van der Waals surface area contributed by atoms with Gasteiger partial charge in [-0.15, -0.1) is 0 Å². The molecule has 0 atom stereocenters. The van der Waals surface area contributed by atoms with Crippen LogP contribution in [0.4, 0.5) is 0 Å². The van der Waals surface area contributed by atoms with Crippen LogP contribution in [-0.2, 0) is 0 Å². The molecule has 2 aromatic rings. The smallest absolute Gasteiger partial charge is 0.251 e. The minimum absolute atomic E-state index is 0.0312. The summed E-state index contributed by atoms with van der Waals surface area (Å²) in [6.07, 6.45) is 4.43. The minimum Gasteiger partial charge on any atom is -0.352 e. The van der Waals surface area contributed by atoms with Gasteiger partial charge >= 0.3 is 0 Å². The zero-order valence-electron chi connectivity index (χ0n) is 10.4. The van der Waals surface area contributed by atoms with Gasteiger partial charge in [-0.05, 0) is 24.1 Å². The predicted molar refractivity (Wildman–Crippen MR) is 72.3 cm³/mol. The van der Waals surface area contributed by atoms with Crippen LogP contribution in [0.15, 0.2) is 48.8 Å². The number of carbonyl (C=O) groups excluding carboxylic acids is 1. The third-order valence-electron chi connectivity index (χ3n) is 2.68. The number of hydrogen-bond donors (Lipinski definition) is 1. The van der Waals surface area contributed by atoms with E-state index in [2.05, 4.69) is 10.3 Å². The highest BCUT2D eigenvalue weighted by molar-refractivity contribution is 6.00. The Morgan fingerprint density at radius 1 is 1.22 bits per heavy atom. The van der Waals surface area contributed by atoms with Crippen molar-refractivity contribution in [3.05, 3.63) is 54.4 Å². The van der Waals surface area contributed by atoms with Gasteiger partial charge in [-0.1, -0.05) is 31.2 Å². The van der Waals surface area contributed by atoms with Crippen LogP contribution < -0.4 is 5.32 Å². The van der Waals surface area contributed by atoms with Crippen LogP contribution in [0.2, 0.25) is 0 Å². The van der Waals surface area contributed by atoms with Gasteiger partial charge in [0.25, 0.3) is 5.91 Å². The van der Waals surface area contributed by atoms with Gasteiger partial charge in [0.05, 0.1) is 0 Å². The Bertz CT molecular complexity index is 523. The molecule has 92 valence electrons. The lowest BCUT2D eigenvalue weighted by atomic mass is 10.0. The molecular weight excluding hydrogens is 224 g/mol. The number of aromatic nitrogens is 1. The average molecular weight is 240 g/mol. The molecule has 0 unspecified atom stereocenters. The number of nitrogens with zero attached hydrogens (tertiary/aromatic N) is 1. The van der Waals surface area contributed by atoms with Gasteiger partial charge < -0.3 is 5.32 Å². The van der Waals surface area contributed by atoms with Gasteiger partial charge in [0.15, 0.2) is 0 Å². The third-order valence-corrected chi connectivity index (χ3v) is 2.68. The molecule has 0 aliphatic carbocycles. The fourth-order valence-electron chi connectivity index (χ4n) is 1.79. The zero-order valence-corrected chi connectivity index (χ0v) is 10.4. The highest BCUT2D eigenvalue weighted by Gasteiger charge is 2.11. The Balaban J connectivity index is 2.34. The lowest BCUT2D eigenvalue weighted by Crippen LogP contribution is -2.24. The largest absolute Gasteiger partial charge is 0.352 e. The lowest BCUT2D eigenvalue weighted by molar-refractivity contribution is 0.0954. The molecule has 1 aromatic carbocycles. The SMILES string of the molecule is CCCNC(=O)c1ccccc1-c1cccnc1. The summed E-state index contributed by atoms with van der Waals surface area (Å²) in [6, 6.07) is 11.4. The minimum atomic E-state index is -0.0312. The molecule has 0 fully saturated rings. The van der Waals surface area contributed by atoms with E-state index in [1.54, 1.807) is 12.4 Å². The first-order valence-corrected chi connectivity index (χ1v) is 6.10. The highest BCUT2D eigenvalue weighted by Crippen LogP contribution is 2.22. The van der Waals surface area contributed by atoms with E-state index < -0.39 is 0 Å². The fourth-order valence-corrected chi connectivity index (χ4v) is 1.79. The first-order chi connectivity index (χ1) is 8.83. The molecule has 3 nitrogen and oxygen atoms in total. The highest BCUT2D eigenvalue weighted by atomic mass is 16.1. The summed E-state index contributed by atoms with van der Waals surface area (Å²) in [6.45, 7) is 2.73. The van der Waals surface area contributed by atoms with Crippen molar-refractivity contribution in [2.24, 2.45) is 0 Å². The average Bonchev–Trinajstić information content (AvgIpc) is 2.45. The number of carbonyl (C=O) groups is 1. The molecule has 2 rings (SSSR count). The lowest BCUT2D eigenvalue weighted by Gasteiger charge is -2.09. The molecule has 1 N–H and O–H groups in total. The summed E-state index contributed by atoms with van der Waals surface area (Å²) in [7, 11) is 0. The molecule has 0 saturated carbocycles. The van der Waals surface area contributed by atoms with Crippen molar-refractivity contribution in [1.29, 1.82) is 0 Å². The summed E-state index contributed by atoms with van der Waals surface area (Å²) >= 11 is 0. The molecule has 0 saturated heterocycles. The Morgan fingerprint density at radius 3 is 2.78 bits per heavy atom. The molecular formula is C15H16N2O. The quantitative estimate of drug-likeness (QED) is 0.892. The van der Waals surface area contributed by atoms with Crippen LogP contribution in [0.25, 0.3) is 11.1 Å². The van der Waals surface area contributed by atoms with Gasteiger partial charge in [-0.2, -0.15) is 0 Å². The van der Waals surface area contributed by atoms with E-state index in [9.17, 15) is 4.79 Å². The maximum atomic E-state index is 12.1. The molecule has 1 amide bonds. The Morgan fingerprint density at radius 2 is 2.06 bits per heavy atom. The number of amides is 1. The summed E-state index contributed by atoms with van der Waals surface area (Å²) < 4.78 is 0. The van der Waals surface area contributed by atoms with Crippen LogP contribution in [0.3, 0.4) is 0 Å². The molecule has 0 aliphatic heterocycles. The van der Waals surface area contributed by atoms with Gasteiger partial charge in [0, 0.05) is 30.1 Å². The number of hydrogen-bond acceptors (Lipinski definition) is 2. The van der Waals surface area contributed by atoms with Gasteiger partial charge in [0.1, 0.15) is 0 Å². The molecule has 0 aliphatic rings. The van der Waals surface area contributed by atoms with E-state index in [4.69, 9.17) is 0 Å². The second kappa shape index (κ2) is 5.96. The Hall–Kier alpha value is -2.16. The summed E-state index contributed by atoms with van der Waals surface area (Å²) in [5.74, 6) is -0.0312. The van der Waals surface area contributed by atoms with Crippen molar-refractivity contribution in [2.45, 2.75) is 13.3 Å². The number of rotatable bonds is 4. The molecule has 18 heavy (non-hydrogen) atoms. The zero-order chi connectivity index (χ0) is 12.8. The number of benzene rings is 1. The van der Waals surface area contributed by atoms with Crippen LogP contribution in [0.5, 0.6) is 0 Å². The molecule has 0 bridgehead atoms. The van der Waals surface area contributed by atoms with Crippen molar-refractivity contribution >= 4 is 5.91 Å². The van der Waals surface area contributed by atoms with E-state index in [1.807, 2.05) is 43.3 Å². The number of pyridine rings is 1. The maximum absolute atomic E-state index is 12.1. The second-order valence-corrected chi connectivity index (χ2v) is 4.04. The molecule has 1 aromatic heterocycles. The first kappa shape index (κ1) is 12.3. The third kappa shape index (κ3) is 2.74. The van der Waals surface area contributed by atoms with Crippen molar-refractivity contribution < 1.29 is 4.79 Å². The van der Waals surface area contributed by atoms with E-state index in [1.165, 1.54) is 0 Å². The van der Waals surface area contributed by atoms with Crippen LogP contribution in [-0.4, -0.2) is 17.4 Å². The second-order valence-electron chi connectivity index (χ2n) is 4.04. The summed E-state index contributed by atoms with van der Waals surface area (Å²) in [4.78, 5) is 16.2. The standard InChI is InChI=1S/C15H16N2O/c1-2-9-17-15(18)14-8-4-3-7-13(14)12-6-5-10-16-11-12/h3-8,10-11H,2,9H2,1H3,(H,17,18). The van der Waals surface area contributed by atoms with Crippen molar-refractivity contribution in [2.75, 3.05) is 6.54 Å². The van der Waals surface area contributed by atoms with Gasteiger partial charge in [-0.25, -0.2) is 0 Å². The summed E-state index contributed by atoms with van der Waals surface area (Å²) in [5.41, 5.74) is 2.57. The summed E-state index contributed by atoms with van der Waals surface area (Å²) in [5, 5.41) is 2.90. The monoisotopic (exact) mass is 240 g/mol. The van der Waals surface area contributed by atoms with E-state index in [0.29, 0.717) is 12.1 Å². The van der Waals surface area contributed by atoms with Gasteiger partial charge in [-0.3, -0.25) is 9.78 Å². The molecule has 1 heterocycles. The van der Waals surface area contributed by atoms with Crippen molar-refractivity contribution in [3.8, 4) is 11.1 Å². The maximum Gasteiger partial charge on any atom is 0.251 e.